The van der Waals surface area contributed by atoms with Gasteiger partial charge in [0.05, 0.1) is 0 Å². The molecule has 0 spiro atoms. The van der Waals surface area contributed by atoms with Crippen LogP contribution in [0.15, 0.2) is 36.7 Å². The Labute approximate surface area is 146 Å². The van der Waals surface area contributed by atoms with Gasteiger partial charge in [-0.1, -0.05) is 18.2 Å². The molecule has 4 rings (SSSR count). The van der Waals surface area contributed by atoms with Crippen molar-refractivity contribution in [2.45, 2.75) is 25.2 Å². The van der Waals surface area contributed by atoms with Crippen molar-refractivity contribution in [2.24, 2.45) is 0 Å². The smallest absolute Gasteiger partial charge is 0.222 e. The molecule has 0 bridgehead atoms. The number of nitrogens with zero attached hydrogens (tertiary/aromatic N) is 5. The lowest BCUT2D eigenvalue weighted by Crippen LogP contribution is -2.27. The van der Waals surface area contributed by atoms with Crippen LogP contribution < -0.4 is 4.90 Å². The van der Waals surface area contributed by atoms with E-state index in [1.54, 1.807) is 12.4 Å². The van der Waals surface area contributed by atoms with Gasteiger partial charge in [0, 0.05) is 50.1 Å². The Morgan fingerprint density at radius 2 is 2.08 bits per heavy atom. The first-order valence-corrected chi connectivity index (χ1v) is 8.63. The van der Waals surface area contributed by atoms with Crippen LogP contribution >= 0.6 is 0 Å². The third-order valence-corrected chi connectivity index (χ3v) is 5.03. The van der Waals surface area contributed by atoms with Crippen LogP contribution in [-0.4, -0.2) is 40.4 Å². The quantitative estimate of drug-likeness (QED) is 0.860. The summed E-state index contributed by atoms with van der Waals surface area (Å²) in [6, 6.07) is 10.4. The second-order valence-electron chi connectivity index (χ2n) is 6.48. The van der Waals surface area contributed by atoms with Crippen molar-refractivity contribution in [1.82, 2.24) is 14.9 Å². The molecule has 1 atom stereocenters. The largest absolute Gasteiger partial charge is 0.343 e. The van der Waals surface area contributed by atoms with Crippen LogP contribution in [0.2, 0.25) is 0 Å². The van der Waals surface area contributed by atoms with E-state index >= 15 is 0 Å². The van der Waals surface area contributed by atoms with Crippen molar-refractivity contribution in [3.8, 4) is 6.07 Å². The molecule has 0 unspecified atom stereocenters. The maximum Gasteiger partial charge on any atom is 0.222 e. The summed E-state index contributed by atoms with van der Waals surface area (Å²) in [5.41, 5.74) is 2.67. The van der Waals surface area contributed by atoms with E-state index in [1.165, 1.54) is 5.56 Å². The minimum Gasteiger partial charge on any atom is -0.343 e. The van der Waals surface area contributed by atoms with Crippen molar-refractivity contribution in [3.63, 3.8) is 0 Å². The van der Waals surface area contributed by atoms with Crippen molar-refractivity contribution >= 4 is 17.4 Å². The lowest BCUT2D eigenvalue weighted by molar-refractivity contribution is -0.127. The van der Waals surface area contributed by atoms with E-state index in [9.17, 15) is 10.1 Å². The number of hydrogen-bond acceptors (Lipinski definition) is 5. The van der Waals surface area contributed by atoms with Gasteiger partial charge in [-0.15, -0.1) is 0 Å². The first-order chi connectivity index (χ1) is 12.3. The molecule has 2 aliphatic heterocycles. The van der Waals surface area contributed by atoms with E-state index in [-0.39, 0.29) is 5.91 Å². The molecule has 6 heteroatoms. The van der Waals surface area contributed by atoms with Crippen molar-refractivity contribution in [2.75, 3.05) is 24.5 Å². The van der Waals surface area contributed by atoms with Gasteiger partial charge in [0.25, 0.3) is 0 Å². The number of carbonyl (C=O) groups is 1. The summed E-state index contributed by atoms with van der Waals surface area (Å²) in [7, 11) is 0. The van der Waals surface area contributed by atoms with E-state index in [4.69, 9.17) is 0 Å². The fraction of sp³-hybridized carbons (Fsp3) is 0.368. The zero-order valence-electron chi connectivity index (χ0n) is 13.9. The van der Waals surface area contributed by atoms with Crippen LogP contribution in [0.3, 0.4) is 0 Å². The number of amides is 1. The van der Waals surface area contributed by atoms with Crippen LogP contribution in [0.5, 0.6) is 0 Å². The Hall–Kier alpha value is -2.94. The van der Waals surface area contributed by atoms with E-state index in [0.717, 1.165) is 38.2 Å². The predicted molar refractivity (Wildman–Crippen MR) is 93.4 cm³/mol. The zero-order chi connectivity index (χ0) is 17.2. The molecule has 1 aromatic carbocycles. The van der Waals surface area contributed by atoms with E-state index in [0.29, 0.717) is 23.9 Å². The highest BCUT2D eigenvalue weighted by Gasteiger charge is 2.32. The summed E-state index contributed by atoms with van der Waals surface area (Å²) in [5.74, 6) is 1.19. The molecule has 2 aliphatic rings. The Morgan fingerprint density at radius 1 is 1.24 bits per heavy atom. The normalized spacial score (nSPS) is 19.2. The molecule has 1 aromatic heterocycles. The van der Waals surface area contributed by atoms with Gasteiger partial charge in [-0.2, -0.15) is 5.26 Å². The number of fused-ring (bicyclic) bond motifs is 1. The molecule has 1 saturated heterocycles. The lowest BCUT2D eigenvalue weighted by atomic mass is 9.98. The van der Waals surface area contributed by atoms with Gasteiger partial charge in [-0.25, -0.2) is 9.97 Å². The number of carbonyl (C=O) groups excluding carboxylic acids is 1. The fourth-order valence-electron chi connectivity index (χ4n) is 3.80. The molecule has 1 amide bonds. The molecule has 25 heavy (non-hydrogen) atoms. The molecule has 0 radical (unpaired) electrons. The molecule has 0 N–H and O–H groups in total. The molecule has 1 fully saturated rings. The third kappa shape index (κ3) is 2.82. The van der Waals surface area contributed by atoms with Crippen molar-refractivity contribution in [3.05, 3.63) is 47.9 Å². The number of nitriles is 1. The maximum atomic E-state index is 11.9. The summed E-state index contributed by atoms with van der Waals surface area (Å²) in [4.78, 5) is 24.4. The third-order valence-electron chi connectivity index (χ3n) is 5.03. The van der Waals surface area contributed by atoms with Crippen LogP contribution in [0.25, 0.3) is 0 Å². The molecule has 3 heterocycles. The molecule has 0 saturated carbocycles. The van der Waals surface area contributed by atoms with Crippen molar-refractivity contribution in [1.29, 1.82) is 5.26 Å². The fourth-order valence-corrected chi connectivity index (χ4v) is 3.80. The predicted octanol–water partition coefficient (Wildman–Crippen LogP) is 2.60. The monoisotopic (exact) mass is 333 g/mol. The van der Waals surface area contributed by atoms with Crippen molar-refractivity contribution < 1.29 is 4.79 Å². The first kappa shape index (κ1) is 15.6. The number of rotatable bonds is 4. The zero-order valence-corrected chi connectivity index (χ0v) is 13.9. The van der Waals surface area contributed by atoms with Crippen LogP contribution in [-0.2, 0) is 4.79 Å². The molecular weight excluding hydrogens is 314 g/mol. The average molecular weight is 333 g/mol. The van der Waals surface area contributed by atoms with Crippen LogP contribution in [0, 0.1) is 11.3 Å². The second kappa shape index (κ2) is 6.52. The van der Waals surface area contributed by atoms with Gasteiger partial charge in [0.2, 0.25) is 5.91 Å². The van der Waals surface area contributed by atoms with Gasteiger partial charge in [-0.05, 0) is 24.5 Å². The molecule has 126 valence electrons. The number of para-hydroxylation sites is 1. The maximum absolute atomic E-state index is 11.9. The van der Waals surface area contributed by atoms with Gasteiger partial charge in [0.15, 0.2) is 11.5 Å². The van der Waals surface area contributed by atoms with E-state index < -0.39 is 0 Å². The average Bonchev–Trinajstić information content (AvgIpc) is 3.23. The minimum absolute atomic E-state index is 0.267. The summed E-state index contributed by atoms with van der Waals surface area (Å²) in [6.07, 6.45) is 5.73. The summed E-state index contributed by atoms with van der Waals surface area (Å²) in [5, 5.41) is 9.35. The number of hydrogen-bond donors (Lipinski definition) is 0. The number of benzene rings is 1. The highest BCUT2D eigenvalue weighted by molar-refractivity contribution is 5.78. The van der Waals surface area contributed by atoms with E-state index in [1.807, 2.05) is 17.0 Å². The topological polar surface area (TPSA) is 73.1 Å². The first-order valence-electron chi connectivity index (χ1n) is 8.63. The summed E-state index contributed by atoms with van der Waals surface area (Å²) < 4.78 is 0. The number of anilines is 2. The van der Waals surface area contributed by atoms with Gasteiger partial charge < -0.3 is 9.80 Å². The second-order valence-corrected chi connectivity index (χ2v) is 6.48. The number of likely N-dealkylation sites (tertiary alicyclic amines) is 1. The minimum atomic E-state index is 0.267. The van der Waals surface area contributed by atoms with Gasteiger partial charge in [0.1, 0.15) is 6.07 Å². The SMILES string of the molecule is N#Cc1nccnc1N1C[C@@H](CCN2CCCC2=O)c2ccccc21. The molecule has 2 aromatic rings. The molecule has 0 aliphatic carbocycles. The Bertz CT molecular complexity index is 844. The Balaban J connectivity index is 1.59. The highest BCUT2D eigenvalue weighted by Crippen LogP contribution is 2.42. The standard InChI is InChI=1S/C19H19N5O/c20-12-16-19(22-9-8-21-16)24-13-14(15-4-1-2-5-17(15)24)7-11-23-10-3-6-18(23)25/h1-2,4-5,8-9,14H,3,6-7,10-11,13H2/t14-/m1/s1. The molecule has 6 nitrogen and oxygen atoms in total. The van der Waals surface area contributed by atoms with E-state index in [2.05, 4.69) is 33.1 Å². The van der Waals surface area contributed by atoms with Crippen LogP contribution in [0.4, 0.5) is 11.5 Å². The summed E-state index contributed by atoms with van der Waals surface area (Å²) >= 11 is 0. The molecular formula is C19H19N5O. The summed E-state index contributed by atoms with van der Waals surface area (Å²) in [6.45, 7) is 2.42. The Kier molecular flexibility index (Phi) is 4.06. The van der Waals surface area contributed by atoms with Crippen LogP contribution in [0.1, 0.15) is 36.4 Å². The highest BCUT2D eigenvalue weighted by atomic mass is 16.2. The van der Waals surface area contributed by atoms with Gasteiger partial charge >= 0.3 is 0 Å². The van der Waals surface area contributed by atoms with Gasteiger partial charge in [-0.3, -0.25) is 4.79 Å². The Morgan fingerprint density at radius 3 is 2.88 bits per heavy atom. The number of aromatic nitrogens is 2. The lowest BCUT2D eigenvalue weighted by Gasteiger charge is -2.20.